The van der Waals surface area contributed by atoms with E-state index in [0.717, 1.165) is 33.5 Å². The molecule has 0 N–H and O–H groups in total. The number of hydrogen-bond acceptors (Lipinski definition) is 4. The van der Waals surface area contributed by atoms with Crippen LogP contribution in [-0.4, -0.2) is 9.97 Å². The highest BCUT2D eigenvalue weighted by Crippen LogP contribution is 2.30. The Bertz CT molecular complexity index is 1360. The molecule has 31 heavy (non-hydrogen) atoms. The summed E-state index contributed by atoms with van der Waals surface area (Å²) < 4.78 is 12.0. The van der Waals surface area contributed by atoms with E-state index in [1.807, 2.05) is 91.9 Å². The summed E-state index contributed by atoms with van der Waals surface area (Å²) in [7, 11) is 0. The molecule has 0 unspecified atom stereocenters. The normalized spacial score (nSPS) is 10.7. The van der Waals surface area contributed by atoms with Crippen molar-refractivity contribution < 1.29 is 9.47 Å². The fourth-order valence-corrected chi connectivity index (χ4v) is 3.37. The van der Waals surface area contributed by atoms with E-state index in [0.29, 0.717) is 17.4 Å². The van der Waals surface area contributed by atoms with Crippen LogP contribution in [0.3, 0.4) is 0 Å². The molecule has 0 atom stereocenters. The van der Waals surface area contributed by atoms with Crippen molar-refractivity contribution in [3.63, 3.8) is 0 Å². The third-order valence-electron chi connectivity index (χ3n) is 4.88. The molecule has 2 heterocycles. The summed E-state index contributed by atoms with van der Waals surface area (Å²) in [4.78, 5) is 9.02. The molecular weight excluding hydrogens is 384 g/mol. The number of nitrogens with zero attached hydrogens (tertiary/aromatic N) is 2. The predicted octanol–water partition coefficient (Wildman–Crippen LogP) is 7.19. The highest BCUT2D eigenvalue weighted by molar-refractivity contribution is 5.81. The van der Waals surface area contributed by atoms with Crippen molar-refractivity contribution in [2.75, 3.05) is 0 Å². The quantitative estimate of drug-likeness (QED) is 0.311. The van der Waals surface area contributed by atoms with E-state index in [4.69, 9.17) is 14.5 Å². The van der Waals surface area contributed by atoms with E-state index < -0.39 is 0 Å². The largest absolute Gasteiger partial charge is 0.457 e. The van der Waals surface area contributed by atoms with Gasteiger partial charge in [-0.05, 0) is 55.0 Å². The lowest BCUT2D eigenvalue weighted by Gasteiger charge is -2.10. The van der Waals surface area contributed by atoms with E-state index >= 15 is 0 Å². The first kappa shape index (κ1) is 18.8. The molecule has 0 saturated heterocycles. The molecule has 5 aromatic rings. The third kappa shape index (κ3) is 4.38. The van der Waals surface area contributed by atoms with Crippen molar-refractivity contribution in [2.45, 2.75) is 6.92 Å². The van der Waals surface area contributed by atoms with E-state index in [1.165, 1.54) is 0 Å². The summed E-state index contributed by atoms with van der Waals surface area (Å²) in [5.41, 5.74) is 3.98. The molecule has 4 heteroatoms. The first-order valence-electron chi connectivity index (χ1n) is 10.1. The zero-order chi connectivity index (χ0) is 21.0. The Kier molecular flexibility index (Phi) is 5.03. The van der Waals surface area contributed by atoms with E-state index in [-0.39, 0.29) is 0 Å². The van der Waals surface area contributed by atoms with E-state index in [1.54, 1.807) is 6.20 Å². The highest BCUT2D eigenvalue weighted by Gasteiger charge is 2.06. The number of ether oxygens (including phenoxy) is 2. The van der Waals surface area contributed by atoms with Gasteiger partial charge in [0.15, 0.2) is 0 Å². The number of para-hydroxylation sites is 1. The average Bonchev–Trinajstić information content (AvgIpc) is 2.79. The zero-order valence-corrected chi connectivity index (χ0v) is 17.0. The van der Waals surface area contributed by atoms with Crippen molar-refractivity contribution in [3.05, 3.63) is 109 Å². The van der Waals surface area contributed by atoms with Gasteiger partial charge in [0.05, 0.1) is 11.2 Å². The van der Waals surface area contributed by atoms with Gasteiger partial charge >= 0.3 is 0 Å². The smallest absolute Gasteiger partial charge is 0.219 e. The summed E-state index contributed by atoms with van der Waals surface area (Å²) in [6.07, 6.45) is 1.73. The van der Waals surface area contributed by atoms with E-state index in [9.17, 15) is 0 Å². The highest BCUT2D eigenvalue weighted by atomic mass is 16.5. The van der Waals surface area contributed by atoms with Gasteiger partial charge < -0.3 is 9.47 Å². The second-order valence-corrected chi connectivity index (χ2v) is 7.27. The molecule has 0 aliphatic heterocycles. The Balaban J connectivity index is 1.38. The lowest BCUT2D eigenvalue weighted by atomic mass is 10.1. The van der Waals surface area contributed by atoms with Crippen molar-refractivity contribution >= 4 is 10.9 Å². The average molecular weight is 404 g/mol. The van der Waals surface area contributed by atoms with Crippen LogP contribution in [0, 0.1) is 6.92 Å². The first-order chi connectivity index (χ1) is 15.2. The van der Waals surface area contributed by atoms with Crippen LogP contribution < -0.4 is 9.47 Å². The Morgan fingerprint density at radius 1 is 0.645 bits per heavy atom. The van der Waals surface area contributed by atoms with Gasteiger partial charge in [0.2, 0.25) is 5.88 Å². The number of aryl methyl sites for hydroxylation is 1. The molecule has 0 amide bonds. The molecule has 3 aromatic carbocycles. The number of aromatic nitrogens is 2. The third-order valence-corrected chi connectivity index (χ3v) is 4.88. The molecule has 150 valence electrons. The molecule has 0 radical (unpaired) electrons. The number of fused-ring (bicyclic) bond motifs is 1. The number of benzene rings is 3. The monoisotopic (exact) mass is 404 g/mol. The van der Waals surface area contributed by atoms with Crippen LogP contribution in [0.1, 0.15) is 5.56 Å². The molecule has 0 saturated carbocycles. The van der Waals surface area contributed by atoms with Crippen LogP contribution in [0.25, 0.3) is 22.2 Å². The topological polar surface area (TPSA) is 44.2 Å². The van der Waals surface area contributed by atoms with Gasteiger partial charge in [0.1, 0.15) is 17.2 Å². The van der Waals surface area contributed by atoms with Gasteiger partial charge in [-0.25, -0.2) is 9.97 Å². The van der Waals surface area contributed by atoms with Crippen LogP contribution in [-0.2, 0) is 0 Å². The second-order valence-electron chi connectivity index (χ2n) is 7.27. The maximum atomic E-state index is 6.10. The number of rotatable bonds is 5. The molecule has 5 rings (SSSR count). The van der Waals surface area contributed by atoms with Gasteiger partial charge in [-0.15, -0.1) is 0 Å². The van der Waals surface area contributed by atoms with E-state index in [2.05, 4.69) is 17.1 Å². The molecule has 4 nitrogen and oxygen atoms in total. The first-order valence-corrected chi connectivity index (χ1v) is 10.1. The van der Waals surface area contributed by atoms with Crippen LogP contribution in [0.15, 0.2) is 103 Å². The molecular formula is C27H20N2O2. The molecule has 0 aliphatic carbocycles. The lowest BCUT2D eigenvalue weighted by Crippen LogP contribution is -1.90. The zero-order valence-electron chi connectivity index (χ0n) is 17.0. The van der Waals surface area contributed by atoms with Crippen molar-refractivity contribution in [1.29, 1.82) is 0 Å². The number of hydrogen-bond donors (Lipinski definition) is 0. The molecule has 0 aliphatic rings. The predicted molar refractivity (Wildman–Crippen MR) is 123 cm³/mol. The standard InChI is InChI=1S/C27H20N2O2/c1-19-14-15-28-27(16-19)31-24-10-5-9-23(18-24)30-22-8-4-7-21(17-22)26-13-12-20-6-2-3-11-25(20)29-26/h2-18H,1H3. The van der Waals surface area contributed by atoms with Crippen LogP contribution in [0.2, 0.25) is 0 Å². The summed E-state index contributed by atoms with van der Waals surface area (Å²) in [5.74, 6) is 2.65. The van der Waals surface area contributed by atoms with Gasteiger partial charge in [-0.1, -0.05) is 42.5 Å². The van der Waals surface area contributed by atoms with Gasteiger partial charge in [0, 0.05) is 29.3 Å². The summed E-state index contributed by atoms with van der Waals surface area (Å²) in [5, 5.41) is 1.12. The van der Waals surface area contributed by atoms with Crippen LogP contribution >= 0.6 is 0 Å². The Morgan fingerprint density at radius 3 is 2.29 bits per heavy atom. The van der Waals surface area contributed by atoms with Crippen molar-refractivity contribution in [1.82, 2.24) is 9.97 Å². The van der Waals surface area contributed by atoms with Crippen molar-refractivity contribution in [2.24, 2.45) is 0 Å². The maximum absolute atomic E-state index is 6.10. The SMILES string of the molecule is Cc1ccnc(Oc2cccc(Oc3cccc(-c4ccc5ccccc5n4)c3)c2)c1. The Morgan fingerprint density at radius 2 is 1.42 bits per heavy atom. The molecule has 0 bridgehead atoms. The molecule has 0 fully saturated rings. The Hall–Kier alpha value is -4.18. The molecule has 0 spiro atoms. The fourth-order valence-electron chi connectivity index (χ4n) is 3.37. The van der Waals surface area contributed by atoms with Crippen molar-refractivity contribution in [3.8, 4) is 34.4 Å². The summed E-state index contributed by atoms with van der Waals surface area (Å²) >= 11 is 0. The minimum atomic E-state index is 0.557. The van der Waals surface area contributed by atoms with Gasteiger partial charge in [-0.2, -0.15) is 0 Å². The van der Waals surface area contributed by atoms with Crippen LogP contribution in [0.5, 0.6) is 23.1 Å². The van der Waals surface area contributed by atoms with Gasteiger partial charge in [0.25, 0.3) is 0 Å². The summed E-state index contributed by atoms with van der Waals surface area (Å²) in [6.45, 7) is 2.01. The second kappa shape index (κ2) is 8.28. The maximum Gasteiger partial charge on any atom is 0.219 e. The van der Waals surface area contributed by atoms with Crippen LogP contribution in [0.4, 0.5) is 0 Å². The number of pyridine rings is 2. The lowest BCUT2D eigenvalue weighted by molar-refractivity contribution is 0.449. The summed E-state index contributed by atoms with van der Waals surface area (Å²) in [6, 6.07) is 31.5. The molecule has 2 aromatic heterocycles. The minimum Gasteiger partial charge on any atom is -0.457 e. The fraction of sp³-hybridized carbons (Fsp3) is 0.0370. The van der Waals surface area contributed by atoms with Gasteiger partial charge in [-0.3, -0.25) is 0 Å². The Labute approximate surface area is 180 Å². The minimum absolute atomic E-state index is 0.557.